The summed E-state index contributed by atoms with van der Waals surface area (Å²) in [6.45, 7) is 4.98. The molecular weight excluding hydrogens is 246 g/mol. The predicted molar refractivity (Wildman–Crippen MR) is 74.8 cm³/mol. The maximum atomic E-state index is 11.7. The molecule has 1 aromatic rings. The number of hydrogen-bond donors (Lipinski definition) is 0. The summed E-state index contributed by atoms with van der Waals surface area (Å²) in [6, 6.07) is 7.88. The van der Waals surface area contributed by atoms with Crippen LogP contribution in [0, 0.1) is 0 Å². The maximum absolute atomic E-state index is 11.7. The van der Waals surface area contributed by atoms with Gasteiger partial charge in [-0.2, -0.15) is 0 Å². The van der Waals surface area contributed by atoms with Crippen LogP contribution in [0.25, 0.3) is 0 Å². The Labute approximate surface area is 110 Å². The summed E-state index contributed by atoms with van der Waals surface area (Å²) in [6.07, 6.45) is 3.73. The highest BCUT2D eigenvalue weighted by atomic mass is 32.2. The summed E-state index contributed by atoms with van der Waals surface area (Å²) in [4.78, 5) is 2.80. The third-order valence-electron chi connectivity index (χ3n) is 3.71. The molecule has 2 rings (SSSR count). The number of hydrogen-bond acceptors (Lipinski definition) is 3. The number of piperidine rings is 1. The zero-order chi connectivity index (χ0) is 13.2. The second kappa shape index (κ2) is 5.31. The third-order valence-corrected chi connectivity index (χ3v) is 5.46. The van der Waals surface area contributed by atoms with E-state index in [4.69, 9.17) is 0 Å². The van der Waals surface area contributed by atoms with Crippen LogP contribution in [0.3, 0.4) is 0 Å². The first-order valence-corrected chi connectivity index (χ1v) is 8.29. The highest BCUT2D eigenvalue weighted by Gasteiger charge is 2.19. The van der Waals surface area contributed by atoms with Crippen molar-refractivity contribution in [1.29, 1.82) is 0 Å². The standard InChI is InChI=1S/C14H21NO2S/c1-3-18(16,17)14-9-7-13(8-10-14)15-11-5-4-6-12(15)2/h7-10,12H,3-6,11H2,1-2H3. The molecule has 1 saturated heterocycles. The van der Waals surface area contributed by atoms with Gasteiger partial charge in [-0.1, -0.05) is 6.92 Å². The molecule has 1 fully saturated rings. The Morgan fingerprint density at radius 1 is 1.22 bits per heavy atom. The van der Waals surface area contributed by atoms with Crippen LogP contribution in [0.15, 0.2) is 29.2 Å². The molecule has 1 aliphatic rings. The quantitative estimate of drug-likeness (QED) is 0.845. The van der Waals surface area contributed by atoms with Gasteiger partial charge in [0.1, 0.15) is 0 Å². The Morgan fingerprint density at radius 2 is 1.89 bits per heavy atom. The zero-order valence-corrected chi connectivity index (χ0v) is 11.9. The van der Waals surface area contributed by atoms with Crippen molar-refractivity contribution in [3.63, 3.8) is 0 Å². The van der Waals surface area contributed by atoms with Gasteiger partial charge in [0.25, 0.3) is 0 Å². The van der Waals surface area contributed by atoms with Gasteiger partial charge in [0.2, 0.25) is 0 Å². The van der Waals surface area contributed by atoms with Gasteiger partial charge >= 0.3 is 0 Å². The molecule has 0 bridgehead atoms. The number of benzene rings is 1. The molecule has 3 nitrogen and oxygen atoms in total. The Morgan fingerprint density at radius 3 is 2.44 bits per heavy atom. The van der Waals surface area contributed by atoms with E-state index in [1.54, 1.807) is 19.1 Å². The van der Waals surface area contributed by atoms with E-state index >= 15 is 0 Å². The average Bonchev–Trinajstić information content (AvgIpc) is 2.39. The summed E-state index contributed by atoms with van der Waals surface area (Å²) >= 11 is 0. The van der Waals surface area contributed by atoms with Crippen molar-refractivity contribution in [3.05, 3.63) is 24.3 Å². The lowest BCUT2D eigenvalue weighted by molar-refractivity contribution is 0.485. The monoisotopic (exact) mass is 267 g/mol. The Bertz CT molecular complexity index is 493. The molecule has 18 heavy (non-hydrogen) atoms. The van der Waals surface area contributed by atoms with Crippen molar-refractivity contribution in [2.75, 3.05) is 17.2 Å². The lowest BCUT2D eigenvalue weighted by Gasteiger charge is -2.35. The summed E-state index contributed by atoms with van der Waals surface area (Å²) in [7, 11) is -3.08. The summed E-state index contributed by atoms with van der Waals surface area (Å²) < 4.78 is 23.5. The molecule has 1 unspecified atom stereocenters. The first kappa shape index (κ1) is 13.4. The SMILES string of the molecule is CCS(=O)(=O)c1ccc(N2CCCCC2C)cc1. The molecule has 1 aromatic carbocycles. The van der Waals surface area contributed by atoms with Crippen LogP contribution in [0.1, 0.15) is 33.1 Å². The number of anilines is 1. The second-order valence-electron chi connectivity index (χ2n) is 4.94. The van der Waals surface area contributed by atoms with E-state index in [0.29, 0.717) is 10.9 Å². The van der Waals surface area contributed by atoms with Gasteiger partial charge in [0, 0.05) is 18.3 Å². The fraction of sp³-hybridized carbons (Fsp3) is 0.571. The molecule has 1 heterocycles. The Hall–Kier alpha value is -1.03. The van der Waals surface area contributed by atoms with E-state index in [1.165, 1.54) is 19.3 Å². The van der Waals surface area contributed by atoms with Crippen LogP contribution in [0.2, 0.25) is 0 Å². The van der Waals surface area contributed by atoms with Crippen molar-refractivity contribution >= 4 is 15.5 Å². The van der Waals surface area contributed by atoms with E-state index in [0.717, 1.165) is 12.2 Å². The molecule has 1 aliphatic heterocycles. The maximum Gasteiger partial charge on any atom is 0.178 e. The van der Waals surface area contributed by atoms with Crippen LogP contribution >= 0.6 is 0 Å². The fourth-order valence-corrected chi connectivity index (χ4v) is 3.38. The predicted octanol–water partition coefficient (Wildman–Crippen LogP) is 2.86. The zero-order valence-electron chi connectivity index (χ0n) is 11.1. The topological polar surface area (TPSA) is 37.4 Å². The molecule has 0 aromatic heterocycles. The highest BCUT2D eigenvalue weighted by molar-refractivity contribution is 7.91. The normalized spacial score (nSPS) is 21.0. The highest BCUT2D eigenvalue weighted by Crippen LogP contribution is 2.25. The minimum Gasteiger partial charge on any atom is -0.369 e. The lowest BCUT2D eigenvalue weighted by Crippen LogP contribution is -2.37. The van der Waals surface area contributed by atoms with E-state index in [1.807, 2.05) is 12.1 Å². The van der Waals surface area contributed by atoms with Crippen molar-refractivity contribution < 1.29 is 8.42 Å². The number of sulfone groups is 1. The van der Waals surface area contributed by atoms with Crippen LogP contribution in [0.5, 0.6) is 0 Å². The van der Waals surface area contributed by atoms with Gasteiger partial charge in [-0.15, -0.1) is 0 Å². The molecule has 0 radical (unpaired) electrons. The first-order valence-electron chi connectivity index (χ1n) is 6.64. The van der Waals surface area contributed by atoms with Gasteiger partial charge in [-0.3, -0.25) is 0 Å². The first-order chi connectivity index (χ1) is 8.54. The summed E-state index contributed by atoms with van der Waals surface area (Å²) in [5.74, 6) is 0.159. The summed E-state index contributed by atoms with van der Waals surface area (Å²) in [5.41, 5.74) is 1.14. The van der Waals surface area contributed by atoms with Crippen molar-refractivity contribution in [2.45, 2.75) is 44.0 Å². The van der Waals surface area contributed by atoms with Crippen LogP contribution in [-0.4, -0.2) is 26.8 Å². The fourth-order valence-electron chi connectivity index (χ4n) is 2.49. The van der Waals surface area contributed by atoms with Gasteiger partial charge in [0.05, 0.1) is 10.6 Å². The largest absolute Gasteiger partial charge is 0.369 e. The van der Waals surface area contributed by atoms with Gasteiger partial charge in [-0.05, 0) is 50.5 Å². The summed E-state index contributed by atoms with van der Waals surface area (Å²) in [5, 5.41) is 0. The smallest absolute Gasteiger partial charge is 0.178 e. The minimum atomic E-state index is -3.08. The van der Waals surface area contributed by atoms with Gasteiger partial charge < -0.3 is 4.90 Å². The van der Waals surface area contributed by atoms with E-state index in [2.05, 4.69) is 11.8 Å². The molecule has 0 aliphatic carbocycles. The molecular formula is C14H21NO2S. The van der Waals surface area contributed by atoms with Crippen LogP contribution in [0.4, 0.5) is 5.69 Å². The molecule has 0 saturated carbocycles. The number of nitrogens with zero attached hydrogens (tertiary/aromatic N) is 1. The van der Waals surface area contributed by atoms with E-state index in [-0.39, 0.29) is 5.75 Å². The number of rotatable bonds is 3. The van der Waals surface area contributed by atoms with Crippen molar-refractivity contribution in [3.8, 4) is 0 Å². The Kier molecular flexibility index (Phi) is 3.95. The second-order valence-corrected chi connectivity index (χ2v) is 7.21. The van der Waals surface area contributed by atoms with Gasteiger partial charge in [0.15, 0.2) is 9.84 Å². The molecule has 4 heteroatoms. The van der Waals surface area contributed by atoms with E-state index < -0.39 is 9.84 Å². The average molecular weight is 267 g/mol. The molecule has 0 spiro atoms. The third kappa shape index (κ3) is 2.69. The van der Waals surface area contributed by atoms with Gasteiger partial charge in [-0.25, -0.2) is 8.42 Å². The minimum absolute atomic E-state index is 0.159. The van der Waals surface area contributed by atoms with Crippen molar-refractivity contribution in [1.82, 2.24) is 0 Å². The van der Waals surface area contributed by atoms with E-state index in [9.17, 15) is 8.42 Å². The molecule has 1 atom stereocenters. The molecule has 0 N–H and O–H groups in total. The van der Waals surface area contributed by atoms with Crippen LogP contribution < -0.4 is 4.90 Å². The van der Waals surface area contributed by atoms with Crippen LogP contribution in [-0.2, 0) is 9.84 Å². The molecule has 100 valence electrons. The van der Waals surface area contributed by atoms with Crippen molar-refractivity contribution in [2.24, 2.45) is 0 Å². The lowest BCUT2D eigenvalue weighted by atomic mass is 10.0. The Balaban J connectivity index is 2.22. The molecule has 0 amide bonds.